The molecule has 3 rings (SSSR count). The van der Waals surface area contributed by atoms with Gasteiger partial charge in [-0.3, -0.25) is 9.97 Å². The summed E-state index contributed by atoms with van der Waals surface area (Å²) in [6.07, 6.45) is 5.55. The Labute approximate surface area is 142 Å². The minimum absolute atomic E-state index is 0.0135. The molecule has 0 aliphatic carbocycles. The average molecular weight is 322 g/mol. The highest BCUT2D eigenvalue weighted by Crippen LogP contribution is 2.31. The normalized spacial score (nSPS) is 11.5. The van der Waals surface area contributed by atoms with Crippen molar-refractivity contribution in [3.05, 3.63) is 71.8 Å². The second-order valence-electron chi connectivity index (χ2n) is 6.55. The molecule has 115 valence electrons. The second-order valence-corrected chi connectivity index (χ2v) is 6.96. The van der Waals surface area contributed by atoms with E-state index < -0.39 is 0 Å². The van der Waals surface area contributed by atoms with Gasteiger partial charge < -0.3 is 0 Å². The van der Waals surface area contributed by atoms with Crippen LogP contribution in [0.2, 0.25) is 5.02 Å². The summed E-state index contributed by atoms with van der Waals surface area (Å²) in [6, 6.07) is 14.8. The van der Waals surface area contributed by atoms with Crippen molar-refractivity contribution in [2.45, 2.75) is 26.2 Å². The Kier molecular flexibility index (Phi) is 4.18. The Morgan fingerprint density at radius 3 is 2.52 bits per heavy atom. The maximum Gasteiger partial charge on any atom is 0.0491 e. The van der Waals surface area contributed by atoms with Gasteiger partial charge in [0.25, 0.3) is 0 Å². The van der Waals surface area contributed by atoms with Gasteiger partial charge in [-0.05, 0) is 35.9 Å². The lowest BCUT2D eigenvalue weighted by Gasteiger charge is -2.18. The minimum atomic E-state index is 0.0135. The van der Waals surface area contributed by atoms with E-state index in [2.05, 4.69) is 48.9 Å². The molecule has 0 aliphatic rings. The topological polar surface area (TPSA) is 25.8 Å². The third-order valence-corrected chi connectivity index (χ3v) is 4.04. The molecule has 0 spiro atoms. The van der Waals surface area contributed by atoms with Crippen molar-refractivity contribution in [1.29, 1.82) is 0 Å². The van der Waals surface area contributed by atoms with Crippen LogP contribution in [0.4, 0.5) is 0 Å². The van der Waals surface area contributed by atoms with Crippen molar-refractivity contribution in [1.82, 2.24) is 9.97 Å². The molecule has 2 aromatic heterocycles. The minimum Gasteiger partial charge on any atom is -0.263 e. The lowest BCUT2D eigenvalue weighted by Crippen LogP contribution is -2.13. The summed E-state index contributed by atoms with van der Waals surface area (Å²) >= 11 is 6.27. The fourth-order valence-corrected chi connectivity index (χ4v) is 2.64. The Morgan fingerprint density at radius 1 is 1.00 bits per heavy atom. The quantitative estimate of drug-likeness (QED) is 0.617. The van der Waals surface area contributed by atoms with Crippen molar-refractivity contribution in [2.24, 2.45) is 0 Å². The van der Waals surface area contributed by atoms with Gasteiger partial charge in [-0.1, -0.05) is 44.5 Å². The molecule has 0 fully saturated rings. The van der Waals surface area contributed by atoms with E-state index >= 15 is 0 Å². The first-order chi connectivity index (χ1) is 10.9. The predicted octanol–water partition coefficient (Wildman–Crippen LogP) is 5.56. The van der Waals surface area contributed by atoms with Crippen LogP contribution in [-0.4, -0.2) is 9.97 Å². The zero-order valence-electron chi connectivity index (χ0n) is 13.5. The van der Waals surface area contributed by atoms with Gasteiger partial charge in [-0.15, -0.1) is 0 Å². The van der Waals surface area contributed by atoms with E-state index in [0.717, 1.165) is 27.9 Å². The van der Waals surface area contributed by atoms with E-state index in [-0.39, 0.29) is 5.41 Å². The largest absolute Gasteiger partial charge is 0.263 e. The number of rotatable bonds is 2. The Hall–Kier alpha value is -2.19. The molecule has 3 aromatic rings. The van der Waals surface area contributed by atoms with Crippen LogP contribution in [0.3, 0.4) is 0 Å². The van der Waals surface area contributed by atoms with Gasteiger partial charge in [0.15, 0.2) is 0 Å². The Balaban J connectivity index is 2.06. The van der Waals surface area contributed by atoms with Crippen molar-refractivity contribution in [3.8, 4) is 22.3 Å². The molecule has 2 nitrogen and oxygen atoms in total. The van der Waals surface area contributed by atoms with E-state index in [1.54, 1.807) is 6.07 Å². The molecule has 0 N–H and O–H groups in total. The molecule has 0 aliphatic heterocycles. The second kappa shape index (κ2) is 6.13. The predicted molar refractivity (Wildman–Crippen MR) is 95.5 cm³/mol. The number of benzene rings is 1. The van der Waals surface area contributed by atoms with Crippen molar-refractivity contribution < 1.29 is 0 Å². The molecule has 1 aromatic carbocycles. The first-order valence-corrected chi connectivity index (χ1v) is 7.91. The molecule has 0 amide bonds. The van der Waals surface area contributed by atoms with E-state index in [4.69, 9.17) is 11.6 Å². The summed E-state index contributed by atoms with van der Waals surface area (Å²) in [4.78, 5) is 8.87. The molecule has 2 heterocycles. The lowest BCUT2D eigenvalue weighted by atomic mass is 9.90. The standard InChI is InChI=1S/C20H18ClN2/c1-20(2,3)19-11-14(8-9-23-19)15-10-16(13-22-12-15)17-6-4-5-7-18(17)21/h4,6-13H,1-3H3. The molecule has 0 atom stereocenters. The highest BCUT2D eigenvalue weighted by atomic mass is 35.5. The number of pyridine rings is 2. The molecule has 0 unspecified atom stereocenters. The fourth-order valence-electron chi connectivity index (χ4n) is 2.41. The number of nitrogens with zero attached hydrogens (tertiary/aromatic N) is 2. The van der Waals surface area contributed by atoms with E-state index in [1.807, 2.05) is 36.8 Å². The number of halogens is 1. The smallest absolute Gasteiger partial charge is 0.0491 e. The number of hydrogen-bond acceptors (Lipinski definition) is 2. The molecule has 3 heteroatoms. The van der Waals surface area contributed by atoms with Crippen molar-refractivity contribution in [2.75, 3.05) is 0 Å². The molecular formula is C20H18ClN2. The summed E-state index contributed by atoms with van der Waals surface area (Å²) in [5.41, 5.74) is 5.20. The zero-order valence-corrected chi connectivity index (χ0v) is 14.2. The summed E-state index contributed by atoms with van der Waals surface area (Å²) in [7, 11) is 0. The molecule has 1 radical (unpaired) electrons. The van der Waals surface area contributed by atoms with Gasteiger partial charge in [0.2, 0.25) is 0 Å². The molecule has 0 saturated heterocycles. The van der Waals surface area contributed by atoms with Gasteiger partial charge in [0, 0.05) is 51.4 Å². The van der Waals surface area contributed by atoms with Gasteiger partial charge >= 0.3 is 0 Å². The van der Waals surface area contributed by atoms with Crippen LogP contribution in [0.5, 0.6) is 0 Å². The van der Waals surface area contributed by atoms with Crippen LogP contribution in [0.25, 0.3) is 22.3 Å². The van der Waals surface area contributed by atoms with E-state index in [1.165, 1.54) is 0 Å². The summed E-state index contributed by atoms with van der Waals surface area (Å²) in [5, 5.41) is 0.677. The lowest BCUT2D eigenvalue weighted by molar-refractivity contribution is 0.569. The number of aromatic nitrogens is 2. The first-order valence-electron chi connectivity index (χ1n) is 7.53. The highest BCUT2D eigenvalue weighted by Gasteiger charge is 2.16. The Morgan fingerprint density at radius 2 is 1.78 bits per heavy atom. The summed E-state index contributed by atoms with van der Waals surface area (Å²) in [6.45, 7) is 6.48. The molecule has 23 heavy (non-hydrogen) atoms. The number of hydrogen-bond donors (Lipinski definition) is 0. The highest BCUT2D eigenvalue weighted by molar-refractivity contribution is 6.33. The van der Waals surface area contributed by atoms with Crippen LogP contribution in [0.15, 0.2) is 55.0 Å². The first kappa shape index (κ1) is 15.7. The third-order valence-electron chi connectivity index (χ3n) is 3.72. The van der Waals surface area contributed by atoms with Gasteiger partial charge in [0.05, 0.1) is 0 Å². The van der Waals surface area contributed by atoms with Crippen LogP contribution >= 0.6 is 11.6 Å². The maximum atomic E-state index is 6.27. The van der Waals surface area contributed by atoms with Crippen LogP contribution < -0.4 is 0 Å². The van der Waals surface area contributed by atoms with Crippen LogP contribution in [-0.2, 0) is 5.41 Å². The SMILES string of the molecule is CC(C)(C)c1cc(-c2cncc(-c3cc[c]cc3Cl)c2)ccn1. The maximum absolute atomic E-state index is 6.27. The molecule has 0 bridgehead atoms. The average Bonchev–Trinajstić information content (AvgIpc) is 2.55. The van der Waals surface area contributed by atoms with Gasteiger partial charge in [0.1, 0.15) is 0 Å². The summed E-state index contributed by atoms with van der Waals surface area (Å²) in [5.74, 6) is 0. The fraction of sp³-hybridized carbons (Fsp3) is 0.200. The van der Waals surface area contributed by atoms with Crippen LogP contribution in [0, 0.1) is 6.07 Å². The van der Waals surface area contributed by atoms with Crippen molar-refractivity contribution >= 4 is 11.6 Å². The zero-order chi connectivity index (χ0) is 16.4. The molecule has 0 saturated carbocycles. The monoisotopic (exact) mass is 321 g/mol. The van der Waals surface area contributed by atoms with E-state index in [0.29, 0.717) is 5.02 Å². The third kappa shape index (κ3) is 3.43. The van der Waals surface area contributed by atoms with Crippen molar-refractivity contribution in [3.63, 3.8) is 0 Å². The summed E-state index contributed by atoms with van der Waals surface area (Å²) < 4.78 is 0. The van der Waals surface area contributed by atoms with Crippen LogP contribution in [0.1, 0.15) is 26.5 Å². The Bertz CT molecular complexity index is 835. The van der Waals surface area contributed by atoms with Gasteiger partial charge in [-0.25, -0.2) is 0 Å². The van der Waals surface area contributed by atoms with Gasteiger partial charge in [-0.2, -0.15) is 0 Å². The molecular weight excluding hydrogens is 304 g/mol. The van der Waals surface area contributed by atoms with E-state index in [9.17, 15) is 0 Å².